The van der Waals surface area contributed by atoms with Gasteiger partial charge < -0.3 is 14.2 Å². The van der Waals surface area contributed by atoms with E-state index in [0.717, 1.165) is 0 Å². The van der Waals surface area contributed by atoms with Gasteiger partial charge in [-0.05, 0) is 0 Å². The van der Waals surface area contributed by atoms with Crippen LogP contribution in [0.1, 0.15) is 0 Å². The normalized spacial score (nSPS) is 11.9. The number of ether oxygens (including phenoxy) is 3. The van der Waals surface area contributed by atoms with E-state index in [4.69, 9.17) is 0 Å². The molecule has 0 saturated heterocycles. The summed E-state index contributed by atoms with van der Waals surface area (Å²) in [6.45, 7) is 0. The quantitative estimate of drug-likeness (QED) is 0.198. The maximum Gasteiger partial charge on any atom is 0.407 e. The minimum Gasteiger partial charge on any atom is -0.499 e. The highest BCUT2D eigenvalue weighted by molar-refractivity contribution is 6.14. The lowest BCUT2D eigenvalue weighted by Gasteiger charge is -2.25. The maximum absolute atomic E-state index is 12.6. The van der Waals surface area contributed by atoms with Crippen LogP contribution in [0.2, 0.25) is 0 Å². The summed E-state index contributed by atoms with van der Waals surface area (Å²) in [7, 11) is 1.77. The summed E-state index contributed by atoms with van der Waals surface area (Å²) in [5.41, 5.74) is -1.62. The smallest absolute Gasteiger partial charge is 0.407 e. The lowest BCUT2D eigenvalue weighted by Crippen LogP contribution is -2.40. The molecule has 122 valence electrons. The van der Waals surface area contributed by atoms with Gasteiger partial charge in [-0.25, -0.2) is 9.59 Å². The predicted molar refractivity (Wildman–Crippen MR) is 53.7 cm³/mol. The molecule has 0 aliphatic heterocycles. The SMILES string of the molecule is COC(=O)C(C(=O)OC)=C(OC)C(C(F)(F)F)C(F)(F)F. The van der Waals surface area contributed by atoms with Gasteiger partial charge in [0.1, 0.15) is 5.76 Å². The van der Waals surface area contributed by atoms with Crippen LogP contribution in [0.4, 0.5) is 26.3 Å². The van der Waals surface area contributed by atoms with E-state index in [-0.39, 0.29) is 0 Å². The minimum atomic E-state index is -5.85. The second-order valence-electron chi connectivity index (χ2n) is 3.44. The number of halogens is 6. The number of alkyl halides is 6. The Balaban J connectivity index is 6.38. The van der Waals surface area contributed by atoms with Crippen LogP contribution in [0.5, 0.6) is 0 Å². The molecule has 0 spiro atoms. The number of carbonyl (C=O) groups excluding carboxylic acids is 2. The number of hydrogen-bond donors (Lipinski definition) is 0. The Kier molecular flexibility index (Phi) is 6.06. The minimum absolute atomic E-state index is 0.450. The van der Waals surface area contributed by atoms with Crippen LogP contribution in [-0.2, 0) is 23.8 Å². The van der Waals surface area contributed by atoms with Gasteiger partial charge in [-0.1, -0.05) is 0 Å². The molecule has 0 heterocycles. The molecule has 0 radical (unpaired) electrons. The van der Waals surface area contributed by atoms with Gasteiger partial charge in [0.25, 0.3) is 0 Å². The Morgan fingerprint density at radius 2 is 1.10 bits per heavy atom. The van der Waals surface area contributed by atoms with Crippen molar-refractivity contribution < 1.29 is 50.1 Å². The number of esters is 2. The molecule has 0 bridgehead atoms. The van der Waals surface area contributed by atoms with E-state index >= 15 is 0 Å². The molecule has 0 rings (SSSR count). The Morgan fingerprint density at radius 3 is 1.29 bits per heavy atom. The fourth-order valence-corrected chi connectivity index (χ4v) is 1.34. The highest BCUT2D eigenvalue weighted by atomic mass is 19.4. The van der Waals surface area contributed by atoms with Crippen molar-refractivity contribution in [1.29, 1.82) is 0 Å². The summed E-state index contributed by atoms with van der Waals surface area (Å²) in [4.78, 5) is 22.6. The second kappa shape index (κ2) is 6.68. The van der Waals surface area contributed by atoms with Gasteiger partial charge in [0.2, 0.25) is 5.92 Å². The highest BCUT2D eigenvalue weighted by Gasteiger charge is 2.61. The predicted octanol–water partition coefficient (Wildman–Crippen LogP) is 1.97. The number of rotatable bonds is 4. The van der Waals surface area contributed by atoms with Crippen LogP contribution >= 0.6 is 0 Å². The standard InChI is InChI=1S/C10H10F6O5/c1-19-5(4(7(17)20-2)8(18)21-3)6(9(11,12)13)10(14,15)16/h6H,1-3H3. The van der Waals surface area contributed by atoms with Crippen LogP contribution in [0.3, 0.4) is 0 Å². The van der Waals surface area contributed by atoms with Crippen molar-refractivity contribution in [2.75, 3.05) is 21.3 Å². The van der Waals surface area contributed by atoms with Crippen LogP contribution < -0.4 is 0 Å². The average molecular weight is 324 g/mol. The van der Waals surface area contributed by atoms with Gasteiger partial charge >= 0.3 is 24.3 Å². The summed E-state index contributed by atoms with van der Waals surface area (Å²) < 4.78 is 87.6. The fraction of sp³-hybridized carbons (Fsp3) is 0.600. The largest absolute Gasteiger partial charge is 0.499 e. The van der Waals surface area contributed by atoms with Crippen LogP contribution in [0, 0.1) is 5.92 Å². The summed E-state index contributed by atoms with van der Waals surface area (Å²) in [5.74, 6) is -9.63. The van der Waals surface area contributed by atoms with Crippen molar-refractivity contribution in [2.24, 2.45) is 5.92 Å². The Hall–Kier alpha value is -1.94. The van der Waals surface area contributed by atoms with Gasteiger partial charge in [0.15, 0.2) is 5.57 Å². The van der Waals surface area contributed by atoms with E-state index < -0.39 is 41.5 Å². The van der Waals surface area contributed by atoms with Crippen LogP contribution in [0.15, 0.2) is 11.3 Å². The molecule has 0 aliphatic rings. The summed E-state index contributed by atoms with van der Waals surface area (Å²) >= 11 is 0. The lowest BCUT2D eigenvalue weighted by molar-refractivity contribution is -0.279. The first-order chi connectivity index (χ1) is 9.41. The lowest BCUT2D eigenvalue weighted by atomic mass is 10.0. The highest BCUT2D eigenvalue weighted by Crippen LogP contribution is 2.45. The van der Waals surface area contributed by atoms with E-state index in [0.29, 0.717) is 21.3 Å². The molecule has 0 aromatic heterocycles. The maximum atomic E-state index is 12.6. The molecule has 0 saturated carbocycles. The van der Waals surface area contributed by atoms with E-state index in [1.54, 1.807) is 0 Å². The van der Waals surface area contributed by atoms with Crippen molar-refractivity contribution in [3.8, 4) is 0 Å². The van der Waals surface area contributed by atoms with Crippen molar-refractivity contribution in [2.45, 2.75) is 12.4 Å². The molecule has 0 aliphatic carbocycles. The molecule has 0 unspecified atom stereocenters. The van der Waals surface area contributed by atoms with Crippen molar-refractivity contribution >= 4 is 11.9 Å². The molecule has 0 amide bonds. The van der Waals surface area contributed by atoms with E-state index in [9.17, 15) is 35.9 Å². The fourth-order valence-electron chi connectivity index (χ4n) is 1.34. The molecule has 0 fully saturated rings. The number of allylic oxidation sites excluding steroid dienone is 1. The molecule has 0 atom stereocenters. The Morgan fingerprint density at radius 1 is 0.762 bits per heavy atom. The van der Waals surface area contributed by atoms with Crippen molar-refractivity contribution in [3.05, 3.63) is 11.3 Å². The number of hydrogen-bond acceptors (Lipinski definition) is 5. The second-order valence-corrected chi connectivity index (χ2v) is 3.44. The monoisotopic (exact) mass is 324 g/mol. The summed E-state index contributed by atoms with van der Waals surface area (Å²) in [5, 5.41) is 0. The van der Waals surface area contributed by atoms with E-state index in [2.05, 4.69) is 14.2 Å². The van der Waals surface area contributed by atoms with Gasteiger partial charge in [-0.15, -0.1) is 0 Å². The molecular weight excluding hydrogens is 314 g/mol. The van der Waals surface area contributed by atoms with Gasteiger partial charge in [-0.3, -0.25) is 0 Å². The summed E-state index contributed by atoms with van der Waals surface area (Å²) in [6.07, 6.45) is -11.7. The first-order valence-corrected chi connectivity index (χ1v) is 5.00. The van der Waals surface area contributed by atoms with Crippen molar-refractivity contribution in [1.82, 2.24) is 0 Å². The van der Waals surface area contributed by atoms with Gasteiger partial charge in [0.05, 0.1) is 21.3 Å². The van der Waals surface area contributed by atoms with E-state index in [1.807, 2.05) is 0 Å². The summed E-state index contributed by atoms with van der Waals surface area (Å²) in [6, 6.07) is 0. The number of methoxy groups -OCH3 is 3. The third-order valence-electron chi connectivity index (χ3n) is 2.16. The van der Waals surface area contributed by atoms with Gasteiger partial charge in [-0.2, -0.15) is 26.3 Å². The third kappa shape index (κ3) is 4.53. The zero-order valence-electron chi connectivity index (χ0n) is 10.9. The van der Waals surface area contributed by atoms with E-state index in [1.165, 1.54) is 0 Å². The number of carbonyl (C=O) groups is 2. The zero-order valence-corrected chi connectivity index (χ0v) is 10.9. The topological polar surface area (TPSA) is 61.8 Å². The molecule has 21 heavy (non-hydrogen) atoms. The molecule has 11 heteroatoms. The molecule has 5 nitrogen and oxygen atoms in total. The average Bonchev–Trinajstić information content (AvgIpc) is 2.33. The molecule has 0 aromatic rings. The third-order valence-corrected chi connectivity index (χ3v) is 2.16. The Labute approximate surface area is 114 Å². The van der Waals surface area contributed by atoms with Crippen LogP contribution in [-0.4, -0.2) is 45.6 Å². The Bertz CT molecular complexity index is 404. The van der Waals surface area contributed by atoms with Crippen molar-refractivity contribution in [3.63, 3.8) is 0 Å². The molecule has 0 N–H and O–H groups in total. The zero-order chi connectivity index (χ0) is 17.0. The van der Waals surface area contributed by atoms with Crippen LogP contribution in [0.25, 0.3) is 0 Å². The first kappa shape index (κ1) is 19.1. The first-order valence-electron chi connectivity index (χ1n) is 5.00. The van der Waals surface area contributed by atoms with Gasteiger partial charge in [0, 0.05) is 0 Å². The molecule has 0 aromatic carbocycles. The molecular formula is C10H10F6O5.